The molecule has 5 heteroatoms. The van der Waals surface area contributed by atoms with E-state index in [-0.39, 0.29) is 5.91 Å². The molecule has 0 aromatic heterocycles. The van der Waals surface area contributed by atoms with Gasteiger partial charge in [0.25, 0.3) is 0 Å². The maximum absolute atomic E-state index is 12.5. The molecule has 3 nitrogen and oxygen atoms in total. The van der Waals surface area contributed by atoms with Gasteiger partial charge in [0.05, 0.1) is 0 Å². The van der Waals surface area contributed by atoms with Crippen molar-refractivity contribution >= 4 is 35.2 Å². The lowest BCUT2D eigenvalue weighted by Gasteiger charge is -2.34. The van der Waals surface area contributed by atoms with Crippen LogP contribution in [0.25, 0.3) is 6.08 Å². The van der Waals surface area contributed by atoms with Gasteiger partial charge in [-0.3, -0.25) is 9.69 Å². The summed E-state index contributed by atoms with van der Waals surface area (Å²) in [5, 5.41) is 1.25. The minimum atomic E-state index is 0.195. The first-order valence-electron chi connectivity index (χ1n) is 9.27. The number of amides is 1. The zero-order valence-corrected chi connectivity index (χ0v) is 16.8. The Balaban J connectivity index is 1.40. The molecule has 142 valence electrons. The van der Waals surface area contributed by atoms with Crippen LogP contribution in [0.4, 0.5) is 0 Å². The lowest BCUT2D eigenvalue weighted by molar-refractivity contribution is -0.132. The van der Waals surface area contributed by atoms with Crippen LogP contribution in [0.5, 0.6) is 0 Å². The van der Waals surface area contributed by atoms with Gasteiger partial charge < -0.3 is 4.90 Å². The molecule has 0 spiro atoms. The molecule has 2 aromatic carbocycles. The Morgan fingerprint density at radius 2 is 1.74 bits per heavy atom. The Hall–Kier alpha value is -1.81. The van der Waals surface area contributed by atoms with Crippen molar-refractivity contribution in [3.63, 3.8) is 0 Å². The van der Waals surface area contributed by atoms with Crippen molar-refractivity contribution in [1.82, 2.24) is 9.80 Å². The third kappa shape index (κ3) is 6.10. The summed E-state index contributed by atoms with van der Waals surface area (Å²) in [6.07, 6.45) is 5.47. The fraction of sp³-hybridized carbons (Fsp3) is 0.318. The predicted molar refractivity (Wildman–Crippen MR) is 113 cm³/mol. The third-order valence-electron chi connectivity index (χ3n) is 4.82. The number of hydrogen-bond donors (Lipinski definition) is 0. The van der Waals surface area contributed by atoms with E-state index in [0.717, 1.165) is 38.3 Å². The number of halogens is 2. The van der Waals surface area contributed by atoms with Gasteiger partial charge in [0.2, 0.25) is 5.91 Å². The molecule has 0 saturated carbocycles. The van der Waals surface area contributed by atoms with E-state index in [2.05, 4.69) is 29.2 Å². The highest BCUT2D eigenvalue weighted by molar-refractivity contribution is 6.35. The molecule has 1 aliphatic heterocycles. The lowest BCUT2D eigenvalue weighted by atomic mass is 10.1. The first-order chi connectivity index (χ1) is 13.1. The summed E-state index contributed by atoms with van der Waals surface area (Å²) in [7, 11) is 0. The summed E-state index contributed by atoms with van der Waals surface area (Å²) in [6.45, 7) is 4.30. The van der Waals surface area contributed by atoms with Crippen LogP contribution in [-0.4, -0.2) is 48.4 Å². The van der Waals surface area contributed by atoms with Gasteiger partial charge in [-0.15, -0.1) is 0 Å². The molecule has 1 aliphatic rings. The molecule has 0 radical (unpaired) electrons. The molecular weight excluding hydrogens is 379 g/mol. The zero-order valence-electron chi connectivity index (χ0n) is 15.3. The van der Waals surface area contributed by atoms with Gasteiger partial charge in [-0.25, -0.2) is 0 Å². The molecule has 2 aromatic rings. The number of rotatable bonds is 6. The normalized spacial score (nSPS) is 15.4. The molecule has 1 amide bonds. The van der Waals surface area contributed by atoms with Gasteiger partial charge in [-0.2, -0.15) is 0 Å². The summed E-state index contributed by atoms with van der Waals surface area (Å²) in [5.74, 6) is 0.195. The number of carbonyl (C=O) groups excluding carboxylic acids is 1. The standard InChI is InChI=1S/C22H24Cl2N2O/c23-20-10-8-19(21(24)17-20)9-11-22(27)26-15-13-25(14-16-26)12-4-7-18-5-2-1-3-6-18/h1-8,10,17H,9,11-16H2/b7-4+. The molecule has 3 rings (SSSR count). The Kier molecular flexibility index (Phi) is 7.33. The van der Waals surface area contributed by atoms with E-state index in [0.29, 0.717) is 22.9 Å². The molecule has 1 fully saturated rings. The van der Waals surface area contributed by atoms with E-state index in [4.69, 9.17) is 23.2 Å². The molecule has 1 saturated heterocycles. The maximum atomic E-state index is 12.5. The maximum Gasteiger partial charge on any atom is 0.222 e. The first kappa shape index (κ1) is 19.9. The van der Waals surface area contributed by atoms with Gasteiger partial charge in [0, 0.05) is 49.2 Å². The Morgan fingerprint density at radius 3 is 2.44 bits per heavy atom. The van der Waals surface area contributed by atoms with Crippen LogP contribution in [0, 0.1) is 0 Å². The van der Waals surface area contributed by atoms with Crippen LogP contribution in [-0.2, 0) is 11.2 Å². The highest BCUT2D eigenvalue weighted by atomic mass is 35.5. The van der Waals surface area contributed by atoms with Crippen molar-refractivity contribution < 1.29 is 4.79 Å². The second-order valence-corrected chi connectivity index (χ2v) is 7.57. The highest BCUT2D eigenvalue weighted by Crippen LogP contribution is 2.22. The van der Waals surface area contributed by atoms with Gasteiger partial charge in [-0.05, 0) is 29.7 Å². The molecule has 0 bridgehead atoms. The molecule has 27 heavy (non-hydrogen) atoms. The van der Waals surface area contributed by atoms with Crippen molar-refractivity contribution in [3.05, 3.63) is 75.8 Å². The predicted octanol–water partition coefficient (Wildman–Crippen LogP) is 4.78. The summed E-state index contributed by atoms with van der Waals surface area (Å²) in [4.78, 5) is 16.8. The average Bonchev–Trinajstić information content (AvgIpc) is 2.68. The third-order valence-corrected chi connectivity index (χ3v) is 5.41. The molecule has 1 heterocycles. The van der Waals surface area contributed by atoms with Crippen LogP contribution in [0.15, 0.2) is 54.6 Å². The van der Waals surface area contributed by atoms with Crippen LogP contribution in [0.3, 0.4) is 0 Å². The Morgan fingerprint density at radius 1 is 1.00 bits per heavy atom. The average molecular weight is 403 g/mol. The Bertz CT molecular complexity index is 784. The van der Waals surface area contributed by atoms with Crippen molar-refractivity contribution in [2.24, 2.45) is 0 Å². The van der Waals surface area contributed by atoms with Crippen LogP contribution >= 0.6 is 23.2 Å². The van der Waals surface area contributed by atoms with Crippen molar-refractivity contribution in [1.29, 1.82) is 0 Å². The largest absolute Gasteiger partial charge is 0.340 e. The zero-order chi connectivity index (χ0) is 19.1. The van der Waals surface area contributed by atoms with Crippen LogP contribution in [0.1, 0.15) is 17.5 Å². The second-order valence-electron chi connectivity index (χ2n) is 6.73. The first-order valence-corrected chi connectivity index (χ1v) is 10.0. The van der Waals surface area contributed by atoms with Crippen molar-refractivity contribution in [3.8, 4) is 0 Å². The molecule has 0 atom stereocenters. The quantitative estimate of drug-likeness (QED) is 0.693. The van der Waals surface area contributed by atoms with E-state index in [1.807, 2.05) is 35.2 Å². The molecule has 0 unspecified atom stereocenters. The van der Waals surface area contributed by atoms with Crippen molar-refractivity contribution in [2.75, 3.05) is 32.7 Å². The summed E-state index contributed by atoms with van der Waals surface area (Å²) in [5.41, 5.74) is 2.19. The summed E-state index contributed by atoms with van der Waals surface area (Å²) in [6, 6.07) is 15.7. The monoisotopic (exact) mass is 402 g/mol. The number of piperazine rings is 1. The number of carbonyl (C=O) groups is 1. The van der Waals surface area contributed by atoms with Crippen LogP contribution < -0.4 is 0 Å². The lowest BCUT2D eigenvalue weighted by Crippen LogP contribution is -2.48. The highest BCUT2D eigenvalue weighted by Gasteiger charge is 2.20. The molecule has 0 aliphatic carbocycles. The number of benzene rings is 2. The number of nitrogens with zero attached hydrogens (tertiary/aromatic N) is 2. The molecular formula is C22H24Cl2N2O. The van der Waals surface area contributed by atoms with E-state index in [1.165, 1.54) is 5.56 Å². The summed E-state index contributed by atoms with van der Waals surface area (Å²) >= 11 is 12.1. The Labute approximate surface area is 171 Å². The van der Waals surface area contributed by atoms with Gasteiger partial charge >= 0.3 is 0 Å². The fourth-order valence-corrected chi connectivity index (χ4v) is 3.71. The van der Waals surface area contributed by atoms with E-state index >= 15 is 0 Å². The van der Waals surface area contributed by atoms with Gasteiger partial charge in [0.1, 0.15) is 0 Å². The second kappa shape index (κ2) is 9.93. The molecule has 0 N–H and O–H groups in total. The van der Waals surface area contributed by atoms with E-state index < -0.39 is 0 Å². The topological polar surface area (TPSA) is 23.6 Å². The van der Waals surface area contributed by atoms with Gasteiger partial charge in [-0.1, -0.05) is 71.8 Å². The van der Waals surface area contributed by atoms with E-state index in [9.17, 15) is 4.79 Å². The number of hydrogen-bond acceptors (Lipinski definition) is 2. The van der Waals surface area contributed by atoms with Gasteiger partial charge in [0.15, 0.2) is 0 Å². The SMILES string of the molecule is O=C(CCc1ccc(Cl)cc1Cl)N1CCN(C/C=C/c2ccccc2)CC1. The fourth-order valence-electron chi connectivity index (χ4n) is 3.21. The smallest absolute Gasteiger partial charge is 0.222 e. The summed E-state index contributed by atoms with van der Waals surface area (Å²) < 4.78 is 0. The van der Waals surface area contributed by atoms with Crippen molar-refractivity contribution in [2.45, 2.75) is 12.8 Å². The minimum Gasteiger partial charge on any atom is -0.340 e. The number of aryl methyl sites for hydroxylation is 1. The van der Waals surface area contributed by atoms with Crippen LogP contribution in [0.2, 0.25) is 10.0 Å². The van der Waals surface area contributed by atoms with E-state index in [1.54, 1.807) is 6.07 Å². The minimum absolute atomic E-state index is 0.195.